The third-order valence-corrected chi connectivity index (χ3v) is 4.19. The van der Waals surface area contributed by atoms with Crippen molar-refractivity contribution < 1.29 is 0 Å². The number of aryl methyl sites for hydroxylation is 2. The van der Waals surface area contributed by atoms with E-state index in [0.29, 0.717) is 0 Å². The smallest absolute Gasteiger partial charge is 0.194 e. The minimum atomic E-state index is 0.884. The first kappa shape index (κ1) is 13.3. The van der Waals surface area contributed by atoms with Crippen molar-refractivity contribution in [3.8, 4) is 0 Å². The van der Waals surface area contributed by atoms with E-state index >= 15 is 0 Å². The van der Waals surface area contributed by atoms with Gasteiger partial charge in [0, 0.05) is 37.1 Å². The fourth-order valence-electron chi connectivity index (χ4n) is 2.32. The molecule has 0 aliphatic rings. The summed E-state index contributed by atoms with van der Waals surface area (Å²) in [6.07, 6.45) is 10.1. The van der Waals surface area contributed by atoms with Crippen LogP contribution in [-0.4, -0.2) is 25.5 Å². The summed E-state index contributed by atoms with van der Waals surface area (Å²) in [5.41, 5.74) is 2.40. The Morgan fingerprint density at radius 2 is 2.25 bits per heavy atom. The van der Waals surface area contributed by atoms with E-state index in [1.807, 2.05) is 18.7 Å². The minimum absolute atomic E-state index is 0.884. The van der Waals surface area contributed by atoms with Gasteiger partial charge in [0.2, 0.25) is 0 Å². The third kappa shape index (κ3) is 2.91. The van der Waals surface area contributed by atoms with Gasteiger partial charge >= 0.3 is 0 Å². The number of imidazole rings is 2. The molecule has 0 radical (unpaired) electrons. The molecule has 0 aliphatic heterocycles. The Balaban J connectivity index is 1.41. The molecule has 0 aromatic carbocycles. The van der Waals surface area contributed by atoms with Crippen LogP contribution in [-0.2, 0) is 13.1 Å². The van der Waals surface area contributed by atoms with Crippen LogP contribution >= 0.6 is 11.3 Å². The van der Waals surface area contributed by atoms with Crippen LogP contribution in [0.25, 0.3) is 4.96 Å². The molecule has 0 fully saturated rings. The average Bonchev–Trinajstić information content (AvgIpc) is 3.13. The van der Waals surface area contributed by atoms with Crippen molar-refractivity contribution in [1.29, 1.82) is 0 Å². The molecule has 0 amide bonds. The molecule has 0 atom stereocenters. The van der Waals surface area contributed by atoms with Gasteiger partial charge in [-0.1, -0.05) is 0 Å². The van der Waals surface area contributed by atoms with Gasteiger partial charge in [-0.05, 0) is 26.3 Å². The molecular formula is C14H19N5S. The largest absolute Gasteiger partial charge is 0.337 e. The van der Waals surface area contributed by atoms with Crippen molar-refractivity contribution in [2.75, 3.05) is 6.54 Å². The summed E-state index contributed by atoms with van der Waals surface area (Å²) in [6.45, 7) is 5.04. The summed E-state index contributed by atoms with van der Waals surface area (Å²) in [5.74, 6) is 0. The second-order valence-corrected chi connectivity index (χ2v) is 5.76. The number of rotatable bonds is 7. The summed E-state index contributed by atoms with van der Waals surface area (Å²) in [6, 6.07) is 0. The van der Waals surface area contributed by atoms with Crippen LogP contribution in [0, 0.1) is 6.92 Å². The number of hydrogen-bond acceptors (Lipinski definition) is 4. The molecule has 3 heterocycles. The number of fused-ring (bicyclic) bond motifs is 1. The number of unbranched alkanes of at least 4 members (excludes halogenated alkanes) is 1. The van der Waals surface area contributed by atoms with E-state index in [1.54, 1.807) is 11.3 Å². The van der Waals surface area contributed by atoms with E-state index in [1.165, 1.54) is 18.5 Å². The highest BCUT2D eigenvalue weighted by molar-refractivity contribution is 7.15. The van der Waals surface area contributed by atoms with E-state index in [-0.39, 0.29) is 0 Å². The Labute approximate surface area is 122 Å². The summed E-state index contributed by atoms with van der Waals surface area (Å²) in [5, 5.41) is 5.59. The van der Waals surface area contributed by atoms with Crippen LogP contribution < -0.4 is 5.32 Å². The van der Waals surface area contributed by atoms with E-state index in [2.05, 4.69) is 42.8 Å². The predicted octanol–water partition coefficient (Wildman–Crippen LogP) is 2.47. The summed E-state index contributed by atoms with van der Waals surface area (Å²) < 4.78 is 4.30. The Bertz CT molecular complexity index is 652. The summed E-state index contributed by atoms with van der Waals surface area (Å²) >= 11 is 1.68. The van der Waals surface area contributed by atoms with Crippen molar-refractivity contribution in [2.24, 2.45) is 0 Å². The van der Waals surface area contributed by atoms with Gasteiger partial charge in [-0.15, -0.1) is 11.3 Å². The van der Waals surface area contributed by atoms with Crippen LogP contribution in [0.3, 0.4) is 0 Å². The number of hydrogen-bond donors (Lipinski definition) is 1. The van der Waals surface area contributed by atoms with Crippen molar-refractivity contribution in [2.45, 2.75) is 32.9 Å². The molecule has 6 heteroatoms. The van der Waals surface area contributed by atoms with Crippen molar-refractivity contribution in [3.05, 3.63) is 41.7 Å². The lowest BCUT2D eigenvalue weighted by molar-refractivity contribution is 0.564. The average molecular weight is 289 g/mol. The predicted molar refractivity (Wildman–Crippen MR) is 81.0 cm³/mol. The molecule has 0 bridgehead atoms. The van der Waals surface area contributed by atoms with Gasteiger partial charge in [-0.25, -0.2) is 9.97 Å². The van der Waals surface area contributed by atoms with Crippen LogP contribution in [0.2, 0.25) is 0 Å². The maximum absolute atomic E-state index is 4.55. The molecule has 3 rings (SSSR count). The molecule has 3 aromatic heterocycles. The lowest BCUT2D eigenvalue weighted by Crippen LogP contribution is -2.16. The van der Waals surface area contributed by atoms with Crippen molar-refractivity contribution >= 4 is 16.3 Å². The SMILES string of the molecule is Cc1nc2sccn2c1CNCCCCn1ccnc1. The van der Waals surface area contributed by atoms with E-state index < -0.39 is 0 Å². The first-order valence-electron chi connectivity index (χ1n) is 6.92. The second kappa shape index (κ2) is 6.19. The zero-order valence-electron chi connectivity index (χ0n) is 11.6. The summed E-state index contributed by atoms with van der Waals surface area (Å²) in [4.78, 5) is 9.68. The lowest BCUT2D eigenvalue weighted by atomic mass is 10.3. The molecule has 0 saturated carbocycles. The minimum Gasteiger partial charge on any atom is -0.337 e. The van der Waals surface area contributed by atoms with Gasteiger partial charge in [-0.3, -0.25) is 4.40 Å². The molecule has 0 aliphatic carbocycles. The van der Waals surface area contributed by atoms with Gasteiger partial charge in [0.1, 0.15) is 0 Å². The highest BCUT2D eigenvalue weighted by Crippen LogP contribution is 2.16. The molecule has 20 heavy (non-hydrogen) atoms. The quantitative estimate of drug-likeness (QED) is 0.680. The number of aromatic nitrogens is 4. The number of nitrogens with zero attached hydrogens (tertiary/aromatic N) is 4. The first-order chi connectivity index (χ1) is 9.84. The van der Waals surface area contributed by atoms with Gasteiger partial charge in [0.05, 0.1) is 17.7 Å². The van der Waals surface area contributed by atoms with Crippen LogP contribution in [0.5, 0.6) is 0 Å². The fraction of sp³-hybridized carbons (Fsp3) is 0.429. The molecule has 5 nitrogen and oxygen atoms in total. The van der Waals surface area contributed by atoms with E-state index in [0.717, 1.165) is 30.3 Å². The highest BCUT2D eigenvalue weighted by atomic mass is 32.1. The molecule has 0 unspecified atom stereocenters. The number of thiazole rings is 1. The monoisotopic (exact) mass is 289 g/mol. The molecule has 3 aromatic rings. The zero-order chi connectivity index (χ0) is 13.8. The van der Waals surface area contributed by atoms with Gasteiger partial charge in [0.15, 0.2) is 4.96 Å². The van der Waals surface area contributed by atoms with Crippen LogP contribution in [0.15, 0.2) is 30.3 Å². The molecular weight excluding hydrogens is 270 g/mol. The molecule has 0 spiro atoms. The second-order valence-electron chi connectivity index (χ2n) is 4.88. The number of nitrogens with one attached hydrogen (secondary N) is 1. The van der Waals surface area contributed by atoms with Gasteiger partial charge < -0.3 is 9.88 Å². The fourth-order valence-corrected chi connectivity index (χ4v) is 3.10. The van der Waals surface area contributed by atoms with Crippen molar-refractivity contribution in [1.82, 2.24) is 24.3 Å². The normalized spacial score (nSPS) is 11.4. The van der Waals surface area contributed by atoms with E-state index in [9.17, 15) is 0 Å². The molecule has 0 saturated heterocycles. The van der Waals surface area contributed by atoms with Gasteiger partial charge in [0.25, 0.3) is 0 Å². The highest BCUT2D eigenvalue weighted by Gasteiger charge is 2.08. The Hall–Kier alpha value is -1.66. The molecule has 106 valence electrons. The Kier molecular flexibility index (Phi) is 4.13. The maximum Gasteiger partial charge on any atom is 0.194 e. The standard InChI is InChI=1S/C14H19N5S/c1-12-13(19-8-9-20-14(19)17-12)10-15-4-2-3-6-18-7-5-16-11-18/h5,7-9,11,15H,2-4,6,10H2,1H3. The van der Waals surface area contributed by atoms with Crippen LogP contribution in [0.4, 0.5) is 0 Å². The Morgan fingerprint density at radius 3 is 3.10 bits per heavy atom. The van der Waals surface area contributed by atoms with Crippen molar-refractivity contribution in [3.63, 3.8) is 0 Å². The summed E-state index contributed by atoms with van der Waals surface area (Å²) in [7, 11) is 0. The lowest BCUT2D eigenvalue weighted by Gasteiger charge is -2.05. The van der Waals surface area contributed by atoms with E-state index in [4.69, 9.17) is 0 Å². The maximum atomic E-state index is 4.55. The molecule has 1 N–H and O–H groups in total. The van der Waals surface area contributed by atoms with Gasteiger partial charge in [-0.2, -0.15) is 0 Å². The first-order valence-corrected chi connectivity index (χ1v) is 7.80. The van der Waals surface area contributed by atoms with Crippen LogP contribution in [0.1, 0.15) is 24.2 Å². The third-order valence-electron chi connectivity index (χ3n) is 3.43. The Morgan fingerprint density at radius 1 is 1.30 bits per heavy atom. The zero-order valence-corrected chi connectivity index (χ0v) is 12.4. The topological polar surface area (TPSA) is 47.1 Å².